The van der Waals surface area contributed by atoms with E-state index in [4.69, 9.17) is 0 Å². The summed E-state index contributed by atoms with van der Waals surface area (Å²) in [5, 5.41) is 13.3. The smallest absolute Gasteiger partial charge is 0.0733 e. The van der Waals surface area contributed by atoms with E-state index >= 15 is 0 Å². The number of rotatable bonds is 3. The maximum Gasteiger partial charge on any atom is 0.0733 e. The van der Waals surface area contributed by atoms with Gasteiger partial charge >= 0.3 is 0 Å². The SMILES string of the molecule is Cc1ccc(CC(O)C2CCCN2)cc1. The van der Waals surface area contributed by atoms with Gasteiger partial charge in [-0.25, -0.2) is 0 Å². The van der Waals surface area contributed by atoms with Crippen LogP contribution in [0.3, 0.4) is 0 Å². The predicted octanol–water partition coefficient (Wildman–Crippen LogP) is 1.65. The van der Waals surface area contributed by atoms with Gasteiger partial charge in [-0.1, -0.05) is 29.8 Å². The first-order valence-electron chi connectivity index (χ1n) is 5.73. The van der Waals surface area contributed by atoms with E-state index in [1.807, 2.05) is 0 Å². The molecule has 1 fully saturated rings. The average molecular weight is 205 g/mol. The minimum atomic E-state index is -0.241. The lowest BCUT2D eigenvalue weighted by Crippen LogP contribution is -2.36. The van der Waals surface area contributed by atoms with E-state index in [0.717, 1.165) is 19.4 Å². The number of hydrogen-bond acceptors (Lipinski definition) is 2. The third-order valence-corrected chi connectivity index (χ3v) is 3.13. The number of aliphatic hydroxyl groups is 1. The Morgan fingerprint density at radius 2 is 2.13 bits per heavy atom. The van der Waals surface area contributed by atoms with Crippen molar-refractivity contribution in [1.82, 2.24) is 5.32 Å². The second-order valence-corrected chi connectivity index (χ2v) is 4.46. The van der Waals surface area contributed by atoms with Gasteiger partial charge in [0, 0.05) is 6.04 Å². The Morgan fingerprint density at radius 1 is 1.40 bits per heavy atom. The lowest BCUT2D eigenvalue weighted by molar-refractivity contribution is 0.136. The molecule has 1 aliphatic heterocycles. The molecule has 1 heterocycles. The Bertz CT molecular complexity index is 301. The van der Waals surface area contributed by atoms with Crippen molar-refractivity contribution in [2.45, 2.75) is 38.3 Å². The van der Waals surface area contributed by atoms with Gasteiger partial charge in [0.2, 0.25) is 0 Å². The molecule has 2 N–H and O–H groups in total. The molecule has 2 rings (SSSR count). The van der Waals surface area contributed by atoms with Crippen LogP contribution in [0.4, 0.5) is 0 Å². The minimum absolute atomic E-state index is 0.241. The summed E-state index contributed by atoms with van der Waals surface area (Å²) in [5.41, 5.74) is 2.49. The summed E-state index contributed by atoms with van der Waals surface area (Å²) < 4.78 is 0. The van der Waals surface area contributed by atoms with Crippen molar-refractivity contribution in [3.8, 4) is 0 Å². The number of aliphatic hydroxyl groups excluding tert-OH is 1. The number of nitrogens with one attached hydrogen (secondary N) is 1. The normalized spacial score (nSPS) is 22.9. The Morgan fingerprint density at radius 3 is 2.73 bits per heavy atom. The van der Waals surface area contributed by atoms with Crippen molar-refractivity contribution in [2.24, 2.45) is 0 Å². The molecule has 2 unspecified atom stereocenters. The van der Waals surface area contributed by atoms with Gasteiger partial charge in [0.05, 0.1) is 6.10 Å². The van der Waals surface area contributed by atoms with E-state index in [2.05, 4.69) is 36.5 Å². The van der Waals surface area contributed by atoms with Crippen molar-refractivity contribution in [3.63, 3.8) is 0 Å². The van der Waals surface area contributed by atoms with Crippen molar-refractivity contribution >= 4 is 0 Å². The molecule has 0 radical (unpaired) electrons. The fourth-order valence-corrected chi connectivity index (χ4v) is 2.15. The van der Waals surface area contributed by atoms with Gasteiger partial charge in [-0.3, -0.25) is 0 Å². The number of benzene rings is 1. The largest absolute Gasteiger partial charge is 0.391 e. The molecule has 2 heteroatoms. The molecule has 0 bridgehead atoms. The molecule has 0 saturated carbocycles. The van der Waals surface area contributed by atoms with E-state index in [-0.39, 0.29) is 6.10 Å². The van der Waals surface area contributed by atoms with Gasteiger partial charge in [0.25, 0.3) is 0 Å². The lowest BCUT2D eigenvalue weighted by atomic mass is 10.0. The van der Waals surface area contributed by atoms with E-state index in [1.165, 1.54) is 17.5 Å². The molecule has 2 nitrogen and oxygen atoms in total. The third kappa shape index (κ3) is 2.80. The maximum atomic E-state index is 10.0. The zero-order valence-corrected chi connectivity index (χ0v) is 9.24. The first-order chi connectivity index (χ1) is 7.25. The van der Waals surface area contributed by atoms with Crippen LogP contribution in [0.2, 0.25) is 0 Å². The molecule has 1 aromatic carbocycles. The second-order valence-electron chi connectivity index (χ2n) is 4.46. The average Bonchev–Trinajstić information content (AvgIpc) is 2.74. The zero-order chi connectivity index (χ0) is 10.7. The fourth-order valence-electron chi connectivity index (χ4n) is 2.15. The lowest BCUT2D eigenvalue weighted by Gasteiger charge is -2.18. The third-order valence-electron chi connectivity index (χ3n) is 3.13. The van der Waals surface area contributed by atoms with Crippen LogP contribution in [0.1, 0.15) is 24.0 Å². The summed E-state index contributed by atoms with van der Waals surface area (Å²) >= 11 is 0. The summed E-state index contributed by atoms with van der Waals surface area (Å²) in [6, 6.07) is 8.71. The quantitative estimate of drug-likeness (QED) is 0.786. The Hall–Kier alpha value is -0.860. The maximum absolute atomic E-state index is 10.0. The van der Waals surface area contributed by atoms with E-state index < -0.39 is 0 Å². The molecular formula is C13H19NO. The van der Waals surface area contributed by atoms with Gasteiger partial charge in [-0.15, -0.1) is 0 Å². The second kappa shape index (κ2) is 4.77. The molecule has 0 aromatic heterocycles. The first kappa shape index (κ1) is 10.7. The predicted molar refractivity (Wildman–Crippen MR) is 61.9 cm³/mol. The highest BCUT2D eigenvalue weighted by Crippen LogP contribution is 2.14. The summed E-state index contributed by atoms with van der Waals surface area (Å²) in [4.78, 5) is 0. The summed E-state index contributed by atoms with van der Waals surface area (Å²) in [5.74, 6) is 0. The summed E-state index contributed by atoms with van der Waals surface area (Å²) in [7, 11) is 0. The topological polar surface area (TPSA) is 32.3 Å². The molecular weight excluding hydrogens is 186 g/mol. The first-order valence-corrected chi connectivity index (χ1v) is 5.73. The highest BCUT2D eigenvalue weighted by atomic mass is 16.3. The summed E-state index contributed by atoms with van der Waals surface area (Å²) in [6.45, 7) is 3.13. The number of hydrogen-bond donors (Lipinski definition) is 2. The van der Waals surface area contributed by atoms with Crippen LogP contribution < -0.4 is 5.32 Å². The fraction of sp³-hybridized carbons (Fsp3) is 0.538. The van der Waals surface area contributed by atoms with Gasteiger partial charge in [0.15, 0.2) is 0 Å². The van der Waals surface area contributed by atoms with E-state index in [9.17, 15) is 5.11 Å². The van der Waals surface area contributed by atoms with Gasteiger partial charge in [-0.2, -0.15) is 0 Å². The number of aryl methyl sites for hydroxylation is 1. The molecule has 1 saturated heterocycles. The van der Waals surface area contributed by atoms with Crippen LogP contribution in [0.15, 0.2) is 24.3 Å². The molecule has 2 atom stereocenters. The van der Waals surface area contributed by atoms with Crippen molar-refractivity contribution in [3.05, 3.63) is 35.4 Å². The van der Waals surface area contributed by atoms with Crippen LogP contribution in [-0.2, 0) is 6.42 Å². The van der Waals surface area contributed by atoms with Gasteiger partial charge < -0.3 is 10.4 Å². The van der Waals surface area contributed by atoms with Crippen LogP contribution in [0.5, 0.6) is 0 Å². The zero-order valence-electron chi connectivity index (χ0n) is 9.24. The Labute approximate surface area is 91.3 Å². The molecule has 0 aliphatic carbocycles. The van der Waals surface area contributed by atoms with Crippen molar-refractivity contribution in [1.29, 1.82) is 0 Å². The Balaban J connectivity index is 1.92. The molecule has 1 aromatic rings. The monoisotopic (exact) mass is 205 g/mol. The molecule has 15 heavy (non-hydrogen) atoms. The van der Waals surface area contributed by atoms with Crippen LogP contribution in [0, 0.1) is 6.92 Å². The molecule has 0 amide bonds. The summed E-state index contributed by atoms with van der Waals surface area (Å²) in [6.07, 6.45) is 2.82. The van der Waals surface area contributed by atoms with E-state index in [0.29, 0.717) is 6.04 Å². The molecule has 0 spiro atoms. The van der Waals surface area contributed by atoms with Crippen molar-refractivity contribution < 1.29 is 5.11 Å². The standard InChI is InChI=1S/C13H19NO/c1-10-4-6-11(7-5-10)9-13(15)12-3-2-8-14-12/h4-7,12-15H,2-3,8-9H2,1H3. The van der Waals surface area contributed by atoms with Crippen LogP contribution in [0.25, 0.3) is 0 Å². The molecule has 82 valence electrons. The van der Waals surface area contributed by atoms with E-state index in [1.54, 1.807) is 0 Å². The van der Waals surface area contributed by atoms with Crippen molar-refractivity contribution in [2.75, 3.05) is 6.54 Å². The van der Waals surface area contributed by atoms with Crippen LogP contribution in [-0.4, -0.2) is 23.8 Å². The highest BCUT2D eigenvalue weighted by Gasteiger charge is 2.22. The minimum Gasteiger partial charge on any atom is -0.391 e. The van der Waals surface area contributed by atoms with Crippen LogP contribution >= 0.6 is 0 Å². The highest BCUT2D eigenvalue weighted by molar-refractivity contribution is 5.22. The van der Waals surface area contributed by atoms with Gasteiger partial charge in [-0.05, 0) is 38.3 Å². The molecule has 1 aliphatic rings. The Kier molecular flexibility index (Phi) is 3.39. The van der Waals surface area contributed by atoms with Gasteiger partial charge in [0.1, 0.15) is 0 Å².